The van der Waals surface area contributed by atoms with E-state index in [2.05, 4.69) is 10.2 Å². The number of carbonyl (C=O) groups excluding carboxylic acids is 1. The van der Waals surface area contributed by atoms with E-state index in [4.69, 9.17) is 4.74 Å². The summed E-state index contributed by atoms with van der Waals surface area (Å²) in [6, 6.07) is 10.3. The number of benzene rings is 2. The van der Waals surface area contributed by atoms with Crippen molar-refractivity contribution in [2.24, 2.45) is 0 Å². The van der Waals surface area contributed by atoms with Crippen LogP contribution in [0.5, 0.6) is 5.75 Å². The number of ether oxygens (including phenoxy) is 1. The summed E-state index contributed by atoms with van der Waals surface area (Å²) in [5.41, 5.74) is -0.355. The minimum atomic E-state index is -3.25. The first-order valence-corrected chi connectivity index (χ1v) is 12.9. The minimum Gasteiger partial charge on any atom is -0.475 e. The molecule has 33 heavy (non-hydrogen) atoms. The van der Waals surface area contributed by atoms with Crippen LogP contribution in [0.2, 0.25) is 0 Å². The first-order valence-electron chi connectivity index (χ1n) is 11.0. The Hall–Kier alpha value is -2.68. The number of rotatable bonds is 6. The summed E-state index contributed by atoms with van der Waals surface area (Å²) in [5, 5.41) is 3.05. The van der Waals surface area contributed by atoms with Crippen molar-refractivity contribution in [3.8, 4) is 5.75 Å². The number of nitrogens with one attached hydrogen (secondary N) is 1. The van der Waals surface area contributed by atoms with Gasteiger partial charge in [0.05, 0.1) is 4.90 Å². The van der Waals surface area contributed by atoms with E-state index in [1.165, 1.54) is 12.3 Å². The van der Waals surface area contributed by atoms with Crippen molar-refractivity contribution >= 4 is 21.4 Å². The molecule has 0 aliphatic carbocycles. The van der Waals surface area contributed by atoms with Gasteiger partial charge in [0.15, 0.2) is 27.0 Å². The Morgan fingerprint density at radius 1 is 1.06 bits per heavy atom. The van der Waals surface area contributed by atoms with E-state index >= 15 is 0 Å². The highest BCUT2D eigenvalue weighted by Crippen LogP contribution is 2.39. The predicted octanol–water partition coefficient (Wildman–Crippen LogP) is 3.84. The van der Waals surface area contributed by atoms with Crippen molar-refractivity contribution in [2.45, 2.75) is 68.2 Å². The number of hydrogen-bond acceptors (Lipinski definition) is 5. The van der Waals surface area contributed by atoms with Crippen molar-refractivity contribution < 1.29 is 26.7 Å². The number of anilines is 1. The van der Waals surface area contributed by atoms with Crippen LogP contribution in [0.3, 0.4) is 0 Å². The average molecular weight is 479 g/mol. The van der Waals surface area contributed by atoms with E-state index in [0.717, 1.165) is 43.5 Å². The number of fused-ring (bicyclic) bond motifs is 2. The van der Waals surface area contributed by atoms with Crippen molar-refractivity contribution in [3.05, 3.63) is 54.1 Å². The molecule has 3 atom stereocenters. The molecule has 0 radical (unpaired) electrons. The fourth-order valence-corrected chi connectivity index (χ4v) is 5.45. The third-order valence-corrected chi connectivity index (χ3v) is 7.57. The zero-order valence-electron chi connectivity index (χ0n) is 18.8. The summed E-state index contributed by atoms with van der Waals surface area (Å²) in [7, 11) is -3.25. The molecule has 2 aliphatic rings. The van der Waals surface area contributed by atoms with Gasteiger partial charge in [-0.05, 0) is 75.9 Å². The molecule has 1 N–H and O–H groups in total. The second-order valence-corrected chi connectivity index (χ2v) is 11.4. The van der Waals surface area contributed by atoms with Crippen LogP contribution in [0.15, 0.2) is 47.4 Å². The number of piperidine rings is 1. The van der Waals surface area contributed by atoms with Gasteiger partial charge in [-0.1, -0.05) is 0 Å². The smallest absolute Gasteiger partial charge is 0.263 e. The van der Waals surface area contributed by atoms with E-state index in [1.54, 1.807) is 26.0 Å². The standard InChI is InChI=1S/C24H28F2N2O4S/c1-24(2,32-22-11-4-15(25)12-21(22)26)23(29)27-16-13-18-5-6-19(14-16)28(18)17-7-9-20(10-8-17)33(3,30)31/h4,7-12,16,18-19H,5-6,13-14H2,1-3H3,(H,27,29)/t16?,18-,19+. The van der Waals surface area contributed by atoms with Crippen LogP contribution in [0.25, 0.3) is 0 Å². The zero-order chi connectivity index (χ0) is 24.0. The maximum Gasteiger partial charge on any atom is 0.263 e. The van der Waals surface area contributed by atoms with Gasteiger partial charge in [0.25, 0.3) is 5.91 Å². The number of hydrogen-bond donors (Lipinski definition) is 1. The molecule has 2 fully saturated rings. The lowest BCUT2D eigenvalue weighted by Crippen LogP contribution is -2.55. The molecule has 2 heterocycles. The predicted molar refractivity (Wildman–Crippen MR) is 121 cm³/mol. The second-order valence-electron chi connectivity index (χ2n) is 9.39. The van der Waals surface area contributed by atoms with Gasteiger partial charge in [-0.2, -0.15) is 0 Å². The molecule has 2 aromatic carbocycles. The van der Waals surface area contributed by atoms with Gasteiger partial charge < -0.3 is 15.0 Å². The lowest BCUT2D eigenvalue weighted by molar-refractivity contribution is -0.135. The molecule has 2 aliphatic heterocycles. The van der Waals surface area contributed by atoms with E-state index in [1.807, 2.05) is 12.1 Å². The molecule has 1 unspecified atom stereocenters. The summed E-state index contributed by atoms with van der Waals surface area (Å²) < 4.78 is 56.2. The van der Waals surface area contributed by atoms with Gasteiger partial charge in [0, 0.05) is 36.1 Å². The van der Waals surface area contributed by atoms with Crippen LogP contribution in [0.1, 0.15) is 39.5 Å². The third kappa shape index (κ3) is 4.98. The molecule has 2 aromatic rings. The Bertz CT molecular complexity index is 1140. The van der Waals surface area contributed by atoms with E-state index in [9.17, 15) is 22.0 Å². The summed E-state index contributed by atoms with van der Waals surface area (Å²) in [6.45, 7) is 3.11. The zero-order valence-corrected chi connectivity index (χ0v) is 19.7. The number of carbonyl (C=O) groups is 1. The van der Waals surface area contributed by atoms with Crippen molar-refractivity contribution in [3.63, 3.8) is 0 Å². The molecule has 4 rings (SSSR count). The molecule has 1 amide bonds. The third-order valence-electron chi connectivity index (χ3n) is 6.44. The normalized spacial score (nSPS) is 22.8. The van der Waals surface area contributed by atoms with Gasteiger partial charge in [0.1, 0.15) is 5.82 Å². The molecule has 2 bridgehead atoms. The van der Waals surface area contributed by atoms with Gasteiger partial charge in [-0.3, -0.25) is 4.79 Å². The Morgan fingerprint density at radius 2 is 1.67 bits per heavy atom. The highest BCUT2D eigenvalue weighted by Gasteiger charge is 2.42. The van der Waals surface area contributed by atoms with Gasteiger partial charge in [-0.15, -0.1) is 0 Å². The maximum atomic E-state index is 14.0. The SMILES string of the molecule is CC(C)(Oc1ccc(F)cc1F)C(=O)NC1C[C@H]2CC[C@@H](C1)N2c1ccc(S(C)(=O)=O)cc1. The van der Waals surface area contributed by atoms with Crippen molar-refractivity contribution in [1.82, 2.24) is 5.32 Å². The van der Waals surface area contributed by atoms with Crippen LogP contribution < -0.4 is 15.0 Å². The van der Waals surface area contributed by atoms with Crippen LogP contribution in [-0.4, -0.2) is 44.3 Å². The van der Waals surface area contributed by atoms with Crippen LogP contribution in [0.4, 0.5) is 14.5 Å². The van der Waals surface area contributed by atoms with Gasteiger partial charge >= 0.3 is 0 Å². The van der Waals surface area contributed by atoms with E-state index in [0.29, 0.717) is 4.90 Å². The highest BCUT2D eigenvalue weighted by molar-refractivity contribution is 7.90. The first kappa shape index (κ1) is 23.5. The number of nitrogens with zero attached hydrogens (tertiary/aromatic N) is 1. The van der Waals surface area contributed by atoms with Crippen LogP contribution in [-0.2, 0) is 14.6 Å². The molecule has 0 aromatic heterocycles. The minimum absolute atomic E-state index is 0.0533. The Labute approximate surface area is 192 Å². The summed E-state index contributed by atoms with van der Waals surface area (Å²) >= 11 is 0. The molecule has 0 saturated carbocycles. The molecular weight excluding hydrogens is 450 g/mol. The molecule has 0 spiro atoms. The summed E-state index contributed by atoms with van der Waals surface area (Å²) in [5.74, 6) is -2.11. The fourth-order valence-electron chi connectivity index (χ4n) is 4.82. The Kier molecular flexibility index (Phi) is 6.11. The average Bonchev–Trinajstić information content (AvgIpc) is 3.00. The second kappa shape index (κ2) is 8.59. The highest BCUT2D eigenvalue weighted by atomic mass is 32.2. The largest absolute Gasteiger partial charge is 0.475 e. The number of halogens is 2. The lowest BCUT2D eigenvalue weighted by atomic mass is 9.95. The van der Waals surface area contributed by atoms with Gasteiger partial charge in [-0.25, -0.2) is 17.2 Å². The molecule has 2 saturated heterocycles. The fraction of sp³-hybridized carbons (Fsp3) is 0.458. The number of amides is 1. The van der Waals surface area contributed by atoms with Crippen molar-refractivity contribution in [2.75, 3.05) is 11.2 Å². The molecule has 9 heteroatoms. The summed E-state index contributed by atoms with van der Waals surface area (Å²) in [4.78, 5) is 15.5. The Morgan fingerprint density at radius 3 is 2.21 bits per heavy atom. The van der Waals surface area contributed by atoms with Crippen LogP contribution in [0, 0.1) is 11.6 Å². The lowest BCUT2D eigenvalue weighted by Gasteiger charge is -2.41. The number of sulfone groups is 1. The molecule has 6 nitrogen and oxygen atoms in total. The molecule has 178 valence electrons. The van der Waals surface area contributed by atoms with Crippen LogP contribution >= 0.6 is 0 Å². The summed E-state index contributed by atoms with van der Waals surface area (Å²) in [6.07, 6.45) is 4.67. The van der Waals surface area contributed by atoms with E-state index in [-0.39, 0.29) is 29.8 Å². The van der Waals surface area contributed by atoms with Gasteiger partial charge in [0.2, 0.25) is 0 Å². The quantitative estimate of drug-likeness (QED) is 0.683. The van der Waals surface area contributed by atoms with E-state index < -0.39 is 27.1 Å². The monoisotopic (exact) mass is 478 g/mol. The Balaban J connectivity index is 1.41. The maximum absolute atomic E-state index is 14.0. The first-order chi connectivity index (χ1) is 15.4. The van der Waals surface area contributed by atoms with Crippen molar-refractivity contribution in [1.29, 1.82) is 0 Å². The molecular formula is C24H28F2N2O4S. The topological polar surface area (TPSA) is 75.7 Å².